The van der Waals surface area contributed by atoms with Crippen molar-refractivity contribution in [3.8, 4) is 0 Å². The average molecular weight is 473 g/mol. The molecule has 2 saturated carbocycles. The maximum atomic E-state index is 13.5. The molecule has 0 aromatic heterocycles. The Morgan fingerprint density at radius 3 is 2.29 bits per heavy atom. The van der Waals surface area contributed by atoms with Crippen LogP contribution in [-0.2, 0) is 10.3 Å². The molecule has 2 aromatic rings. The lowest BCUT2D eigenvalue weighted by atomic mass is 9.76. The summed E-state index contributed by atoms with van der Waals surface area (Å²) in [6.07, 6.45) is 5.99. The molecule has 7 nitrogen and oxygen atoms in total. The van der Waals surface area contributed by atoms with E-state index in [0.29, 0.717) is 13.1 Å². The number of carbonyl (C=O) groups excluding carboxylic acids is 3. The second-order valence-electron chi connectivity index (χ2n) is 10.4. The fourth-order valence-electron chi connectivity index (χ4n) is 6.31. The highest BCUT2D eigenvalue weighted by Crippen LogP contribution is 2.47. The molecule has 4 aliphatic rings. The molecule has 5 amide bonds. The number of carbonyl (C=O) groups is 3. The van der Waals surface area contributed by atoms with Gasteiger partial charge in [-0.15, -0.1) is 0 Å². The van der Waals surface area contributed by atoms with Crippen LogP contribution in [0.2, 0.25) is 0 Å². The van der Waals surface area contributed by atoms with E-state index in [1.54, 1.807) is 9.80 Å². The van der Waals surface area contributed by atoms with Crippen molar-refractivity contribution in [2.45, 2.75) is 62.1 Å². The van der Waals surface area contributed by atoms with Crippen LogP contribution in [0, 0.1) is 0 Å². The Morgan fingerprint density at radius 2 is 1.57 bits per heavy atom. The maximum Gasteiger partial charge on any atom is 0.327 e. The molecule has 2 aliphatic carbocycles. The normalized spacial score (nSPS) is 27.5. The largest absolute Gasteiger partial charge is 0.328 e. The van der Waals surface area contributed by atoms with Crippen molar-refractivity contribution in [1.29, 1.82) is 0 Å². The van der Waals surface area contributed by atoms with Gasteiger partial charge in [-0.2, -0.15) is 0 Å². The zero-order valence-corrected chi connectivity index (χ0v) is 19.9. The van der Waals surface area contributed by atoms with Crippen molar-refractivity contribution in [2.24, 2.45) is 0 Å². The van der Waals surface area contributed by atoms with Crippen LogP contribution in [0.25, 0.3) is 0 Å². The lowest BCUT2D eigenvalue weighted by molar-refractivity contribution is -0.129. The van der Waals surface area contributed by atoms with Crippen LogP contribution in [0.1, 0.15) is 55.6 Å². The van der Waals surface area contributed by atoms with Crippen LogP contribution < -0.4 is 5.32 Å². The molecule has 3 atom stereocenters. The Kier molecular flexibility index (Phi) is 5.50. The first kappa shape index (κ1) is 22.1. The lowest BCUT2D eigenvalue weighted by Crippen LogP contribution is -2.59. The summed E-state index contributed by atoms with van der Waals surface area (Å²) in [7, 11) is 0. The van der Waals surface area contributed by atoms with Gasteiger partial charge in [0.25, 0.3) is 5.91 Å². The smallest absolute Gasteiger partial charge is 0.327 e. The summed E-state index contributed by atoms with van der Waals surface area (Å²) in [5, 5.41) is 3.36. The van der Waals surface area contributed by atoms with E-state index >= 15 is 0 Å². The van der Waals surface area contributed by atoms with E-state index < -0.39 is 6.04 Å². The minimum absolute atomic E-state index is 0.0751. The minimum atomic E-state index is -0.585. The van der Waals surface area contributed by atoms with Crippen molar-refractivity contribution in [3.63, 3.8) is 0 Å². The van der Waals surface area contributed by atoms with E-state index in [2.05, 4.69) is 29.6 Å². The summed E-state index contributed by atoms with van der Waals surface area (Å²) in [4.78, 5) is 44.8. The standard InChI is InChI=1S/C28H32N4O3/c33-25-24-19-30(26(34)29-28(14-8-3-9-15-28)21-12-6-2-7-13-21)16-17-31(24)27(35)32(25)23-18-22(23)20-10-4-1-5-11-20/h1-2,4-7,10-13,22-24H,3,8-9,14-19H2,(H,29,34)/t22-,23+,24+/m1/s1. The molecule has 7 heteroatoms. The number of hydrogen-bond acceptors (Lipinski definition) is 3. The highest BCUT2D eigenvalue weighted by Gasteiger charge is 2.56. The minimum Gasteiger partial charge on any atom is -0.328 e. The molecule has 2 saturated heterocycles. The van der Waals surface area contributed by atoms with Crippen molar-refractivity contribution in [3.05, 3.63) is 71.8 Å². The van der Waals surface area contributed by atoms with Crippen LogP contribution in [0.3, 0.4) is 0 Å². The lowest BCUT2D eigenvalue weighted by Gasteiger charge is -2.42. The van der Waals surface area contributed by atoms with Crippen molar-refractivity contribution in [2.75, 3.05) is 19.6 Å². The highest BCUT2D eigenvalue weighted by molar-refractivity contribution is 6.05. The quantitative estimate of drug-likeness (QED) is 0.682. The Bertz CT molecular complexity index is 1120. The van der Waals surface area contributed by atoms with Gasteiger partial charge in [-0.05, 0) is 30.4 Å². The Balaban J connectivity index is 1.15. The zero-order valence-electron chi connectivity index (χ0n) is 19.9. The first-order valence-electron chi connectivity index (χ1n) is 12.9. The van der Waals surface area contributed by atoms with E-state index in [-0.39, 0.29) is 42.0 Å². The summed E-state index contributed by atoms with van der Waals surface area (Å²) in [5.74, 6) is 0.0493. The molecule has 0 unspecified atom stereocenters. The van der Waals surface area contributed by atoms with Gasteiger partial charge in [0.1, 0.15) is 6.04 Å². The van der Waals surface area contributed by atoms with E-state index in [9.17, 15) is 14.4 Å². The SMILES string of the molecule is O=C(NC1(c2ccccc2)CCCCC1)N1CCN2C(=O)N([C@H]3C[C@@H]3c3ccccc3)C(=O)[C@@H]2C1. The zero-order chi connectivity index (χ0) is 24.0. The summed E-state index contributed by atoms with van der Waals surface area (Å²) in [5.41, 5.74) is 1.94. The molecule has 2 aromatic carbocycles. The summed E-state index contributed by atoms with van der Waals surface area (Å²) in [6.45, 7) is 1.08. The third-order valence-corrected chi connectivity index (χ3v) is 8.34. The fourth-order valence-corrected chi connectivity index (χ4v) is 6.31. The molecule has 0 radical (unpaired) electrons. The van der Waals surface area contributed by atoms with Crippen molar-refractivity contribution < 1.29 is 14.4 Å². The first-order valence-corrected chi connectivity index (χ1v) is 12.9. The van der Waals surface area contributed by atoms with E-state index in [1.807, 2.05) is 36.4 Å². The number of urea groups is 2. The number of rotatable bonds is 4. The number of imide groups is 1. The number of nitrogens with one attached hydrogen (secondary N) is 1. The predicted octanol–water partition coefficient (Wildman–Crippen LogP) is 4.06. The number of piperazine rings is 1. The van der Waals surface area contributed by atoms with Gasteiger partial charge in [0, 0.05) is 25.0 Å². The molecule has 6 rings (SSSR count). The third kappa shape index (κ3) is 3.87. The van der Waals surface area contributed by atoms with Gasteiger partial charge >= 0.3 is 12.1 Å². The van der Waals surface area contributed by atoms with Crippen LogP contribution in [0.15, 0.2) is 60.7 Å². The number of fused-ring (bicyclic) bond motifs is 1. The molecular formula is C28H32N4O3. The Labute approximate surface area is 206 Å². The first-order chi connectivity index (χ1) is 17.1. The number of nitrogens with zero attached hydrogens (tertiary/aromatic N) is 3. The molecule has 4 fully saturated rings. The van der Waals surface area contributed by atoms with E-state index in [1.165, 1.54) is 16.9 Å². The second-order valence-corrected chi connectivity index (χ2v) is 10.4. The molecular weight excluding hydrogens is 440 g/mol. The molecule has 0 bridgehead atoms. The van der Waals surface area contributed by atoms with E-state index in [4.69, 9.17) is 0 Å². The highest BCUT2D eigenvalue weighted by atomic mass is 16.2. The van der Waals surface area contributed by atoms with Gasteiger partial charge in [0.15, 0.2) is 0 Å². The van der Waals surface area contributed by atoms with Gasteiger partial charge in [-0.1, -0.05) is 79.9 Å². The van der Waals surface area contributed by atoms with Crippen LogP contribution >= 0.6 is 0 Å². The van der Waals surface area contributed by atoms with Gasteiger partial charge in [-0.3, -0.25) is 9.69 Å². The molecule has 2 heterocycles. The molecule has 0 spiro atoms. The van der Waals surface area contributed by atoms with Crippen molar-refractivity contribution >= 4 is 18.0 Å². The van der Waals surface area contributed by atoms with Crippen LogP contribution in [0.5, 0.6) is 0 Å². The van der Waals surface area contributed by atoms with Gasteiger partial charge in [-0.25, -0.2) is 9.59 Å². The van der Waals surface area contributed by atoms with Gasteiger partial charge in [0.2, 0.25) is 0 Å². The number of amides is 5. The Morgan fingerprint density at radius 1 is 0.886 bits per heavy atom. The molecule has 182 valence electrons. The summed E-state index contributed by atoms with van der Waals surface area (Å²) < 4.78 is 0. The molecule has 35 heavy (non-hydrogen) atoms. The fraction of sp³-hybridized carbons (Fsp3) is 0.464. The summed E-state index contributed by atoms with van der Waals surface area (Å²) >= 11 is 0. The third-order valence-electron chi connectivity index (χ3n) is 8.34. The van der Waals surface area contributed by atoms with Crippen molar-refractivity contribution in [1.82, 2.24) is 20.0 Å². The maximum absolute atomic E-state index is 13.5. The van der Waals surface area contributed by atoms with Gasteiger partial charge < -0.3 is 15.1 Å². The second kappa shape index (κ2) is 8.70. The Hall–Kier alpha value is -3.35. The van der Waals surface area contributed by atoms with Gasteiger partial charge in [0.05, 0.1) is 12.1 Å². The van der Waals surface area contributed by atoms with Crippen LogP contribution in [-0.4, -0.2) is 64.4 Å². The monoisotopic (exact) mass is 472 g/mol. The van der Waals surface area contributed by atoms with Crippen LogP contribution in [0.4, 0.5) is 9.59 Å². The molecule has 2 aliphatic heterocycles. The topological polar surface area (TPSA) is 73.0 Å². The summed E-state index contributed by atoms with van der Waals surface area (Å²) in [6, 6.07) is 19.3. The average Bonchev–Trinajstić information content (AvgIpc) is 3.65. The number of benzene rings is 2. The molecule has 1 N–H and O–H groups in total. The number of hydrogen-bond donors (Lipinski definition) is 1. The van der Waals surface area contributed by atoms with E-state index in [0.717, 1.165) is 37.7 Å². The predicted molar refractivity (Wildman–Crippen MR) is 132 cm³/mol.